The molecule has 3 rings (SSSR count). The van der Waals surface area contributed by atoms with E-state index in [0.717, 1.165) is 11.8 Å². The maximum absolute atomic E-state index is 13.0. The fourth-order valence-electron chi connectivity index (χ4n) is 2.28. The highest BCUT2D eigenvalue weighted by Crippen LogP contribution is 2.38. The fraction of sp³-hybridized carbons (Fsp3) is 0.250. The van der Waals surface area contributed by atoms with Gasteiger partial charge in [0.1, 0.15) is 10.8 Å². The van der Waals surface area contributed by atoms with Crippen LogP contribution >= 0.6 is 23.5 Å². The Kier molecular flexibility index (Phi) is 6.17. The molecule has 14 heteroatoms. The van der Waals surface area contributed by atoms with Gasteiger partial charge in [-0.15, -0.1) is 5.10 Å². The summed E-state index contributed by atoms with van der Waals surface area (Å²) in [5.41, 5.74) is -3.26. The van der Waals surface area contributed by atoms with Crippen LogP contribution in [-0.2, 0) is 12.4 Å². The van der Waals surface area contributed by atoms with Gasteiger partial charge in [-0.1, -0.05) is 11.8 Å². The molecule has 2 aromatic heterocycles. The van der Waals surface area contributed by atoms with E-state index in [0.29, 0.717) is 28.1 Å². The molecule has 0 aliphatic rings. The van der Waals surface area contributed by atoms with Gasteiger partial charge in [0.2, 0.25) is 5.16 Å². The van der Waals surface area contributed by atoms with Crippen molar-refractivity contribution >= 4 is 29.3 Å². The zero-order valence-electron chi connectivity index (χ0n) is 15.2. The number of benzene rings is 1. The number of alkyl halides is 6. The van der Waals surface area contributed by atoms with Gasteiger partial charge in [-0.2, -0.15) is 26.3 Å². The minimum atomic E-state index is -4.95. The predicted octanol–water partition coefficient (Wildman–Crippen LogP) is 5.21. The minimum Gasteiger partial charge on any atom is -0.373 e. The number of hydrogen-bond donors (Lipinski definition) is 2. The van der Waals surface area contributed by atoms with Gasteiger partial charge in [0.25, 0.3) is 0 Å². The van der Waals surface area contributed by atoms with Crippen molar-refractivity contribution < 1.29 is 26.3 Å². The Morgan fingerprint density at radius 1 is 0.867 bits per heavy atom. The second kappa shape index (κ2) is 8.34. The molecule has 0 fully saturated rings. The van der Waals surface area contributed by atoms with E-state index in [-0.39, 0.29) is 22.6 Å². The lowest BCUT2D eigenvalue weighted by Gasteiger charge is -2.13. The van der Waals surface area contributed by atoms with Gasteiger partial charge < -0.3 is 5.32 Å². The number of rotatable bonds is 5. The second-order valence-corrected chi connectivity index (χ2v) is 7.45. The molecule has 0 atom stereocenters. The van der Waals surface area contributed by atoms with Crippen molar-refractivity contribution in [2.75, 3.05) is 18.6 Å². The number of nitrogens with one attached hydrogen (secondary N) is 2. The van der Waals surface area contributed by atoms with E-state index in [9.17, 15) is 26.3 Å². The number of thioether (sulfide) groups is 1. The van der Waals surface area contributed by atoms with Crippen molar-refractivity contribution in [1.29, 1.82) is 0 Å². The van der Waals surface area contributed by atoms with E-state index in [4.69, 9.17) is 0 Å². The number of aromatic nitrogens is 5. The molecule has 0 saturated carbocycles. The van der Waals surface area contributed by atoms with Crippen LogP contribution in [0.3, 0.4) is 0 Å². The van der Waals surface area contributed by atoms with E-state index in [1.807, 2.05) is 0 Å². The summed E-state index contributed by atoms with van der Waals surface area (Å²) in [5, 5.41) is 10.1. The molecule has 0 amide bonds. The Hall–Kier alpha value is -2.48. The summed E-state index contributed by atoms with van der Waals surface area (Å²) in [4.78, 5) is 12.5. The van der Waals surface area contributed by atoms with Crippen LogP contribution in [0.2, 0.25) is 0 Å². The van der Waals surface area contributed by atoms with Gasteiger partial charge in [-0.3, -0.25) is 5.10 Å². The fourth-order valence-corrected chi connectivity index (χ4v) is 3.44. The monoisotopic (exact) mass is 466 g/mol. The van der Waals surface area contributed by atoms with Gasteiger partial charge in [-0.05, 0) is 36.2 Å². The molecular formula is C16H12F6N6S2. The molecule has 0 saturated heterocycles. The number of H-pyrrole nitrogens is 1. The number of aromatic amines is 1. The molecule has 6 nitrogen and oxygen atoms in total. The summed E-state index contributed by atoms with van der Waals surface area (Å²) < 4.78 is 78.3. The third-order valence-corrected chi connectivity index (χ3v) is 4.97. The standard InChI is InChI=1S/C16H12F6N6S2/c1-23-10-6-11(25-13(24-10)29-2)30-14-26-12(27-28-14)7-3-8(15(17,18)19)5-9(4-7)16(20,21)22/h3-6H,1-2H3,(H,23,24,25)(H,26,27,28). The van der Waals surface area contributed by atoms with Gasteiger partial charge in [-0.25, -0.2) is 15.0 Å². The van der Waals surface area contributed by atoms with E-state index < -0.39 is 23.5 Å². The van der Waals surface area contributed by atoms with Crippen LogP contribution in [0.25, 0.3) is 11.4 Å². The lowest BCUT2D eigenvalue weighted by molar-refractivity contribution is -0.143. The maximum atomic E-state index is 13.0. The summed E-state index contributed by atoms with van der Waals surface area (Å²) >= 11 is 2.27. The van der Waals surface area contributed by atoms with Crippen molar-refractivity contribution in [3.63, 3.8) is 0 Å². The van der Waals surface area contributed by atoms with E-state index in [1.54, 1.807) is 19.4 Å². The van der Waals surface area contributed by atoms with Crippen LogP contribution in [-0.4, -0.2) is 38.5 Å². The van der Waals surface area contributed by atoms with Crippen molar-refractivity contribution in [2.24, 2.45) is 0 Å². The largest absolute Gasteiger partial charge is 0.416 e. The van der Waals surface area contributed by atoms with Crippen molar-refractivity contribution in [3.05, 3.63) is 35.4 Å². The Morgan fingerprint density at radius 2 is 1.50 bits per heavy atom. The summed E-state index contributed by atoms with van der Waals surface area (Å²) in [6.07, 6.45) is -8.13. The van der Waals surface area contributed by atoms with Gasteiger partial charge in [0, 0.05) is 18.7 Å². The molecule has 3 aromatic rings. The highest BCUT2D eigenvalue weighted by molar-refractivity contribution is 7.99. The average molecular weight is 466 g/mol. The molecule has 30 heavy (non-hydrogen) atoms. The van der Waals surface area contributed by atoms with Crippen LogP contribution in [0.4, 0.5) is 32.2 Å². The smallest absolute Gasteiger partial charge is 0.373 e. The number of anilines is 1. The number of halogens is 6. The first-order valence-corrected chi connectivity index (χ1v) is 10.0. The van der Waals surface area contributed by atoms with E-state index >= 15 is 0 Å². The lowest BCUT2D eigenvalue weighted by Crippen LogP contribution is -2.11. The molecule has 0 unspecified atom stereocenters. The normalized spacial score (nSPS) is 12.3. The Labute approximate surface area is 174 Å². The SMILES string of the molecule is CNc1cc(Sc2n[nH]c(-c3cc(C(F)(F)F)cc(C(F)(F)F)c3)n2)nc(SC)n1. The highest BCUT2D eigenvalue weighted by atomic mass is 32.2. The summed E-state index contributed by atoms with van der Waals surface area (Å²) in [6, 6.07) is 2.83. The van der Waals surface area contributed by atoms with Crippen molar-refractivity contribution in [1.82, 2.24) is 25.1 Å². The maximum Gasteiger partial charge on any atom is 0.416 e. The van der Waals surface area contributed by atoms with Gasteiger partial charge in [0.05, 0.1) is 11.1 Å². The van der Waals surface area contributed by atoms with Gasteiger partial charge >= 0.3 is 12.4 Å². The third kappa shape index (κ3) is 5.16. The summed E-state index contributed by atoms with van der Waals surface area (Å²) in [7, 11) is 1.66. The average Bonchev–Trinajstić information content (AvgIpc) is 3.14. The first kappa shape index (κ1) is 22.2. The van der Waals surface area contributed by atoms with Crippen LogP contribution in [0.1, 0.15) is 11.1 Å². The molecule has 0 radical (unpaired) electrons. The van der Waals surface area contributed by atoms with Crippen molar-refractivity contribution in [3.8, 4) is 11.4 Å². The molecule has 0 aliphatic heterocycles. The Morgan fingerprint density at radius 3 is 2.03 bits per heavy atom. The molecular weight excluding hydrogens is 454 g/mol. The minimum absolute atomic E-state index is 0.0552. The molecule has 0 aliphatic carbocycles. The first-order chi connectivity index (χ1) is 14.0. The Bertz CT molecular complexity index is 995. The van der Waals surface area contributed by atoms with Crippen LogP contribution in [0.5, 0.6) is 0 Å². The topological polar surface area (TPSA) is 79.4 Å². The zero-order valence-corrected chi connectivity index (χ0v) is 16.8. The predicted molar refractivity (Wildman–Crippen MR) is 99.3 cm³/mol. The second-order valence-electron chi connectivity index (χ2n) is 5.69. The lowest BCUT2D eigenvalue weighted by atomic mass is 10.0. The van der Waals surface area contributed by atoms with Gasteiger partial charge in [0.15, 0.2) is 11.0 Å². The Balaban J connectivity index is 1.96. The third-order valence-electron chi connectivity index (χ3n) is 3.64. The molecule has 1 aromatic carbocycles. The number of nitrogens with zero attached hydrogens (tertiary/aromatic N) is 4. The molecule has 160 valence electrons. The molecule has 2 heterocycles. The highest BCUT2D eigenvalue weighted by Gasteiger charge is 2.37. The first-order valence-electron chi connectivity index (χ1n) is 8.00. The molecule has 0 bridgehead atoms. The zero-order chi connectivity index (χ0) is 22.1. The summed E-state index contributed by atoms with van der Waals surface area (Å²) in [6.45, 7) is 0. The van der Waals surface area contributed by atoms with E-state index in [2.05, 4.69) is 30.5 Å². The summed E-state index contributed by atoms with van der Waals surface area (Å²) in [5.74, 6) is 0.294. The van der Waals surface area contributed by atoms with Crippen LogP contribution in [0.15, 0.2) is 39.6 Å². The molecule has 0 spiro atoms. The van der Waals surface area contributed by atoms with Crippen LogP contribution < -0.4 is 5.32 Å². The van der Waals surface area contributed by atoms with Crippen molar-refractivity contribution in [2.45, 2.75) is 27.7 Å². The number of hydrogen-bond acceptors (Lipinski definition) is 7. The van der Waals surface area contributed by atoms with Crippen LogP contribution in [0, 0.1) is 0 Å². The van der Waals surface area contributed by atoms with E-state index in [1.165, 1.54) is 11.8 Å². The quantitative estimate of drug-likeness (QED) is 0.231. The molecule has 2 N–H and O–H groups in total.